The topological polar surface area (TPSA) is 93.3 Å². The van der Waals surface area contributed by atoms with Gasteiger partial charge in [-0.3, -0.25) is 0 Å². The van der Waals surface area contributed by atoms with Crippen LogP contribution in [-0.4, -0.2) is 36.1 Å². The van der Waals surface area contributed by atoms with E-state index in [9.17, 15) is 9.59 Å². The lowest BCUT2D eigenvalue weighted by atomic mass is 10.2. The van der Waals surface area contributed by atoms with E-state index in [4.69, 9.17) is 4.74 Å². The fraction of sp³-hybridized carbons (Fsp3) is 0.105. The summed E-state index contributed by atoms with van der Waals surface area (Å²) in [4.78, 5) is 31.2. The fourth-order valence-electron chi connectivity index (χ4n) is 2.45. The maximum absolute atomic E-state index is 11.9. The first-order chi connectivity index (χ1) is 13.0. The molecule has 7 nitrogen and oxygen atoms in total. The summed E-state index contributed by atoms with van der Waals surface area (Å²) in [5.74, 6) is -0.662. The Kier molecular flexibility index (Phi) is 5.56. The number of methoxy groups -OCH3 is 2. The van der Waals surface area contributed by atoms with Gasteiger partial charge in [-0.25, -0.2) is 14.6 Å². The molecule has 0 aliphatic carbocycles. The van der Waals surface area contributed by atoms with Crippen molar-refractivity contribution < 1.29 is 19.1 Å². The molecule has 0 saturated carbocycles. The Labute approximate surface area is 163 Å². The molecule has 0 atom stereocenters. The number of imidazole rings is 1. The summed E-state index contributed by atoms with van der Waals surface area (Å²) in [5, 5.41) is 2.88. The van der Waals surface area contributed by atoms with Gasteiger partial charge in [-0.1, -0.05) is 28.1 Å². The van der Waals surface area contributed by atoms with E-state index in [-0.39, 0.29) is 5.70 Å². The summed E-state index contributed by atoms with van der Waals surface area (Å²) in [6.07, 6.45) is 1.04. The smallest absolute Gasteiger partial charge is 0.354 e. The lowest BCUT2D eigenvalue weighted by Gasteiger charge is -2.10. The molecule has 0 spiro atoms. The average Bonchev–Trinajstić information content (AvgIpc) is 3.10. The molecule has 0 bridgehead atoms. The third kappa shape index (κ3) is 4.35. The molecule has 2 aromatic carbocycles. The summed E-state index contributed by atoms with van der Waals surface area (Å²) in [5.41, 5.74) is 3.12. The van der Waals surface area contributed by atoms with Crippen molar-refractivity contribution in [3.8, 4) is 11.4 Å². The molecule has 0 unspecified atom stereocenters. The van der Waals surface area contributed by atoms with Crippen molar-refractivity contribution >= 4 is 44.6 Å². The van der Waals surface area contributed by atoms with E-state index in [0.29, 0.717) is 11.5 Å². The van der Waals surface area contributed by atoms with Gasteiger partial charge < -0.3 is 19.8 Å². The zero-order chi connectivity index (χ0) is 19.4. The van der Waals surface area contributed by atoms with E-state index in [1.165, 1.54) is 14.2 Å². The third-order valence-electron chi connectivity index (χ3n) is 3.73. The zero-order valence-corrected chi connectivity index (χ0v) is 16.2. The van der Waals surface area contributed by atoms with Crippen molar-refractivity contribution in [3.05, 3.63) is 58.7 Å². The second-order valence-electron chi connectivity index (χ2n) is 5.53. The Hall–Kier alpha value is -3.13. The molecule has 0 radical (unpaired) electrons. The monoisotopic (exact) mass is 429 g/mol. The number of anilines is 1. The van der Waals surface area contributed by atoms with Crippen LogP contribution in [0.3, 0.4) is 0 Å². The van der Waals surface area contributed by atoms with Gasteiger partial charge in [-0.05, 0) is 30.3 Å². The predicted octanol–water partition coefficient (Wildman–Crippen LogP) is 3.63. The van der Waals surface area contributed by atoms with Crippen LogP contribution >= 0.6 is 15.9 Å². The first-order valence-corrected chi connectivity index (χ1v) is 8.70. The van der Waals surface area contributed by atoms with Gasteiger partial charge in [0.05, 0.1) is 31.3 Å². The summed E-state index contributed by atoms with van der Waals surface area (Å²) < 4.78 is 10.2. The van der Waals surface area contributed by atoms with Crippen LogP contribution in [0.15, 0.2) is 58.7 Å². The van der Waals surface area contributed by atoms with E-state index in [1.807, 2.05) is 30.3 Å². The van der Waals surface area contributed by atoms with Crippen molar-refractivity contribution in [2.45, 2.75) is 0 Å². The number of aromatic nitrogens is 2. The normalized spacial score (nSPS) is 11.3. The number of halogens is 1. The van der Waals surface area contributed by atoms with Gasteiger partial charge in [0, 0.05) is 15.7 Å². The Morgan fingerprint density at radius 1 is 1.15 bits per heavy atom. The first kappa shape index (κ1) is 18.7. The fourth-order valence-corrected chi connectivity index (χ4v) is 2.81. The van der Waals surface area contributed by atoms with Crippen LogP contribution < -0.4 is 5.32 Å². The van der Waals surface area contributed by atoms with E-state index in [2.05, 4.69) is 36.0 Å². The molecule has 0 amide bonds. The Morgan fingerprint density at radius 3 is 2.70 bits per heavy atom. The molecule has 3 aromatic rings. The number of carbonyl (C=O) groups is 2. The lowest BCUT2D eigenvalue weighted by molar-refractivity contribution is -0.138. The number of esters is 2. The van der Waals surface area contributed by atoms with Crippen LogP contribution in [-0.2, 0) is 19.1 Å². The van der Waals surface area contributed by atoms with Gasteiger partial charge in [0.25, 0.3) is 0 Å². The number of hydrogen-bond donors (Lipinski definition) is 2. The van der Waals surface area contributed by atoms with Gasteiger partial charge in [0.15, 0.2) is 0 Å². The van der Waals surface area contributed by atoms with Crippen molar-refractivity contribution in [1.82, 2.24) is 9.97 Å². The van der Waals surface area contributed by atoms with Gasteiger partial charge in [-0.2, -0.15) is 0 Å². The quantitative estimate of drug-likeness (QED) is 0.475. The van der Waals surface area contributed by atoms with Crippen LogP contribution in [0.25, 0.3) is 22.4 Å². The molecule has 0 aliphatic heterocycles. The highest BCUT2D eigenvalue weighted by atomic mass is 79.9. The van der Waals surface area contributed by atoms with Crippen LogP contribution in [0.4, 0.5) is 5.69 Å². The maximum atomic E-state index is 11.9. The number of nitrogens with zero attached hydrogens (tertiary/aromatic N) is 1. The molecule has 0 saturated heterocycles. The molecule has 2 N–H and O–H groups in total. The summed E-state index contributed by atoms with van der Waals surface area (Å²) in [6.45, 7) is 0. The number of aromatic amines is 1. The highest BCUT2D eigenvalue weighted by Crippen LogP contribution is 2.25. The Balaban J connectivity index is 1.92. The van der Waals surface area contributed by atoms with Crippen LogP contribution in [0.1, 0.15) is 0 Å². The van der Waals surface area contributed by atoms with Gasteiger partial charge in [0.1, 0.15) is 11.5 Å². The second kappa shape index (κ2) is 8.05. The number of H-pyrrole nitrogens is 1. The number of nitrogens with one attached hydrogen (secondary N) is 2. The minimum Gasteiger partial charge on any atom is -0.466 e. The van der Waals surface area contributed by atoms with Crippen molar-refractivity contribution in [2.75, 3.05) is 19.5 Å². The highest BCUT2D eigenvalue weighted by Gasteiger charge is 2.13. The average molecular weight is 430 g/mol. The Bertz CT molecular complexity index is 1040. The summed E-state index contributed by atoms with van der Waals surface area (Å²) in [6, 6.07) is 13.1. The van der Waals surface area contributed by atoms with E-state index in [1.54, 1.807) is 12.1 Å². The van der Waals surface area contributed by atoms with Crippen LogP contribution in [0.5, 0.6) is 0 Å². The third-order valence-corrected chi connectivity index (χ3v) is 4.22. The number of fused-ring (bicyclic) bond motifs is 1. The molecular formula is C19H16BrN3O4. The van der Waals surface area contributed by atoms with Gasteiger partial charge in [-0.15, -0.1) is 0 Å². The highest BCUT2D eigenvalue weighted by molar-refractivity contribution is 9.10. The molecular weight excluding hydrogens is 414 g/mol. The molecule has 3 rings (SSSR count). The number of benzene rings is 2. The standard InChI is InChI=1S/C19H16BrN3O4/c1-26-17(24)10-16(19(25)27-2)21-13-5-3-4-11(8-13)18-22-14-7-6-12(20)9-15(14)23-18/h3-10,21H,1-2H3,(H,22,23)/b16-10+. The van der Waals surface area contributed by atoms with Crippen molar-refractivity contribution in [3.63, 3.8) is 0 Å². The second-order valence-corrected chi connectivity index (χ2v) is 6.44. The minimum absolute atomic E-state index is 0.0324. The van der Waals surface area contributed by atoms with Crippen LogP contribution in [0.2, 0.25) is 0 Å². The van der Waals surface area contributed by atoms with Gasteiger partial charge in [0.2, 0.25) is 0 Å². The van der Waals surface area contributed by atoms with E-state index < -0.39 is 11.9 Å². The van der Waals surface area contributed by atoms with Crippen molar-refractivity contribution in [2.24, 2.45) is 0 Å². The summed E-state index contributed by atoms with van der Waals surface area (Å²) in [7, 11) is 2.46. The van der Waals surface area contributed by atoms with E-state index in [0.717, 1.165) is 27.1 Å². The minimum atomic E-state index is -0.681. The molecule has 8 heteroatoms. The predicted molar refractivity (Wildman–Crippen MR) is 105 cm³/mol. The zero-order valence-electron chi connectivity index (χ0n) is 14.6. The largest absolute Gasteiger partial charge is 0.466 e. The number of ether oxygens (including phenoxy) is 2. The maximum Gasteiger partial charge on any atom is 0.354 e. The SMILES string of the molecule is COC(=O)/C=C(/Nc1cccc(-c2nc3ccc(Br)cc3[nH]2)c1)C(=O)OC. The molecule has 0 aliphatic rings. The molecule has 27 heavy (non-hydrogen) atoms. The Morgan fingerprint density at radius 2 is 1.96 bits per heavy atom. The molecule has 138 valence electrons. The van der Waals surface area contributed by atoms with Crippen LogP contribution in [0, 0.1) is 0 Å². The molecule has 0 fully saturated rings. The number of hydrogen-bond acceptors (Lipinski definition) is 6. The summed E-state index contributed by atoms with van der Waals surface area (Å²) >= 11 is 3.44. The first-order valence-electron chi connectivity index (χ1n) is 7.91. The number of carbonyl (C=O) groups excluding carboxylic acids is 2. The van der Waals surface area contributed by atoms with Crippen molar-refractivity contribution in [1.29, 1.82) is 0 Å². The van der Waals surface area contributed by atoms with Gasteiger partial charge >= 0.3 is 11.9 Å². The lowest BCUT2D eigenvalue weighted by Crippen LogP contribution is -2.15. The molecule has 1 aromatic heterocycles. The van der Waals surface area contributed by atoms with E-state index >= 15 is 0 Å². The number of rotatable bonds is 5. The molecule has 1 heterocycles.